The first kappa shape index (κ1) is 17.8. The number of rotatable bonds is 5. The highest BCUT2D eigenvalue weighted by molar-refractivity contribution is 8.13. The van der Waals surface area contributed by atoms with Crippen molar-refractivity contribution in [2.45, 2.75) is 31.7 Å². The third-order valence-electron chi connectivity index (χ3n) is 4.26. The quantitative estimate of drug-likeness (QED) is 0.813. The number of aliphatic hydroxyl groups excluding tert-OH is 1. The molecule has 3 amide bonds. The van der Waals surface area contributed by atoms with Crippen LogP contribution in [0.15, 0.2) is 35.3 Å². The van der Waals surface area contributed by atoms with E-state index in [0.29, 0.717) is 17.5 Å². The Balaban J connectivity index is 1.79. The van der Waals surface area contributed by atoms with Crippen LogP contribution in [0.1, 0.15) is 12.5 Å². The van der Waals surface area contributed by atoms with Crippen LogP contribution in [-0.2, 0) is 11.2 Å². The summed E-state index contributed by atoms with van der Waals surface area (Å²) in [6, 6.07) is 9.07. The van der Waals surface area contributed by atoms with E-state index in [4.69, 9.17) is 0 Å². The van der Waals surface area contributed by atoms with Crippen molar-refractivity contribution in [3.8, 4) is 0 Å². The van der Waals surface area contributed by atoms with Gasteiger partial charge in [0.15, 0.2) is 17.4 Å². The zero-order chi connectivity index (χ0) is 18.0. The normalized spacial score (nSPS) is 24.0. The molecule has 0 spiro atoms. The Morgan fingerprint density at radius 3 is 2.72 bits per heavy atom. The van der Waals surface area contributed by atoms with Gasteiger partial charge in [-0.3, -0.25) is 10.1 Å². The molecule has 1 fully saturated rings. The summed E-state index contributed by atoms with van der Waals surface area (Å²) in [6.07, 6.45) is -0.225. The summed E-state index contributed by atoms with van der Waals surface area (Å²) < 4.78 is 0. The van der Waals surface area contributed by atoms with Gasteiger partial charge in [0.1, 0.15) is 0 Å². The molecular weight excluding hydrogens is 340 g/mol. The van der Waals surface area contributed by atoms with Crippen LogP contribution in [-0.4, -0.2) is 69.7 Å². The van der Waals surface area contributed by atoms with E-state index in [1.165, 1.54) is 22.2 Å². The lowest BCUT2D eigenvalue weighted by Crippen LogP contribution is -2.63. The van der Waals surface area contributed by atoms with E-state index in [2.05, 4.69) is 10.3 Å². The Morgan fingerprint density at radius 2 is 2.04 bits per heavy atom. The van der Waals surface area contributed by atoms with Gasteiger partial charge >= 0.3 is 6.03 Å². The number of amides is 3. The van der Waals surface area contributed by atoms with Gasteiger partial charge in [0.2, 0.25) is 0 Å². The largest absolute Gasteiger partial charge is 0.393 e. The van der Waals surface area contributed by atoms with Gasteiger partial charge in [0, 0.05) is 19.3 Å². The Labute approximate surface area is 151 Å². The Bertz CT molecular complexity index is 680. The molecule has 2 aliphatic heterocycles. The van der Waals surface area contributed by atoms with Crippen molar-refractivity contribution in [2.24, 2.45) is 4.99 Å². The predicted octanol–water partition coefficient (Wildman–Crippen LogP) is 0.891. The maximum absolute atomic E-state index is 12.4. The van der Waals surface area contributed by atoms with Crippen LogP contribution in [0.4, 0.5) is 4.79 Å². The maximum Gasteiger partial charge on any atom is 0.325 e. The number of carbonyl (C=O) groups excluding carboxylic acids is 2. The van der Waals surface area contributed by atoms with Crippen LogP contribution in [0, 0.1) is 0 Å². The van der Waals surface area contributed by atoms with E-state index >= 15 is 0 Å². The molecule has 0 radical (unpaired) electrons. The summed E-state index contributed by atoms with van der Waals surface area (Å²) in [7, 11) is 1.64. The summed E-state index contributed by atoms with van der Waals surface area (Å²) in [4.78, 5) is 32.3. The molecule has 1 aromatic carbocycles. The second-order valence-electron chi connectivity index (χ2n) is 6.26. The highest BCUT2D eigenvalue weighted by atomic mass is 32.2. The van der Waals surface area contributed by atoms with Gasteiger partial charge in [0.25, 0.3) is 5.91 Å². The first-order valence-corrected chi connectivity index (χ1v) is 9.23. The number of urea groups is 1. The van der Waals surface area contributed by atoms with Gasteiger partial charge in [-0.2, -0.15) is 0 Å². The number of nitrogens with zero attached hydrogens (tertiary/aromatic N) is 3. The van der Waals surface area contributed by atoms with E-state index in [0.717, 1.165) is 6.42 Å². The van der Waals surface area contributed by atoms with Gasteiger partial charge in [0.05, 0.1) is 6.10 Å². The molecule has 0 bridgehead atoms. The zero-order valence-corrected chi connectivity index (χ0v) is 15.1. The van der Waals surface area contributed by atoms with Gasteiger partial charge in [-0.25, -0.2) is 9.79 Å². The number of amidine groups is 1. The molecule has 0 aliphatic carbocycles. The Morgan fingerprint density at radius 1 is 1.32 bits per heavy atom. The Kier molecular flexibility index (Phi) is 5.29. The molecule has 0 aromatic heterocycles. The lowest BCUT2D eigenvalue weighted by atomic mass is 10.1. The maximum atomic E-state index is 12.4. The highest BCUT2D eigenvalue weighted by Crippen LogP contribution is 2.29. The van der Waals surface area contributed by atoms with E-state index in [1.807, 2.05) is 35.2 Å². The number of imide groups is 1. The minimum Gasteiger partial charge on any atom is -0.393 e. The summed E-state index contributed by atoms with van der Waals surface area (Å²) >= 11 is 1.41. The number of hydrogen-bond acceptors (Lipinski definition) is 6. The fourth-order valence-electron chi connectivity index (χ4n) is 2.95. The molecule has 0 saturated carbocycles. The summed E-state index contributed by atoms with van der Waals surface area (Å²) in [5.41, 5.74) is 1.17. The van der Waals surface area contributed by atoms with E-state index in [1.54, 1.807) is 14.0 Å². The van der Waals surface area contributed by atoms with Crippen LogP contribution in [0.25, 0.3) is 0 Å². The average Bonchev–Trinajstić information content (AvgIpc) is 2.96. The van der Waals surface area contributed by atoms with E-state index < -0.39 is 24.3 Å². The number of thioether (sulfide) groups is 1. The van der Waals surface area contributed by atoms with Crippen LogP contribution in [0.3, 0.4) is 0 Å². The molecule has 3 atom stereocenters. The molecule has 3 unspecified atom stereocenters. The number of hydrogen-bond donors (Lipinski definition) is 2. The standard InChI is InChI=1S/C17H22N4O3S/c1-11(22)10-25-17-18-14-13(15(23)19-16(24)20(14)2)21(17)9-8-12-6-4-3-5-7-12/h3-7,11,13-14,22H,8-10H2,1-2H3,(H,19,23,24). The van der Waals surface area contributed by atoms with Crippen LogP contribution < -0.4 is 5.32 Å². The summed E-state index contributed by atoms with van der Waals surface area (Å²) in [6.45, 7) is 2.33. The number of aliphatic hydroxyl groups is 1. The lowest BCUT2D eigenvalue weighted by Gasteiger charge is -2.36. The average molecular weight is 362 g/mol. The van der Waals surface area contributed by atoms with Gasteiger partial charge in [-0.15, -0.1) is 0 Å². The molecular formula is C17H22N4O3S. The van der Waals surface area contributed by atoms with Crippen molar-refractivity contribution in [2.75, 3.05) is 19.3 Å². The SMILES string of the molecule is CC(O)CSC1=NC2C(C(=O)NC(=O)N2C)N1CCc1ccccc1. The third-order valence-corrected chi connectivity index (χ3v) is 5.51. The molecule has 7 nitrogen and oxygen atoms in total. The Hall–Kier alpha value is -2.06. The molecule has 2 N–H and O–H groups in total. The van der Waals surface area contributed by atoms with Crippen LogP contribution in [0.5, 0.6) is 0 Å². The molecule has 1 aromatic rings. The zero-order valence-electron chi connectivity index (χ0n) is 14.3. The number of carbonyl (C=O) groups is 2. The summed E-state index contributed by atoms with van der Waals surface area (Å²) in [5.74, 6) is 0.164. The number of aliphatic imine (C=N–C) groups is 1. The predicted molar refractivity (Wildman–Crippen MR) is 97.3 cm³/mol. The molecule has 3 rings (SSSR count). The van der Waals surface area contributed by atoms with Crippen molar-refractivity contribution in [3.63, 3.8) is 0 Å². The highest BCUT2D eigenvalue weighted by Gasteiger charge is 2.48. The minimum absolute atomic E-state index is 0.322. The van der Waals surface area contributed by atoms with Gasteiger partial charge in [-0.05, 0) is 18.9 Å². The molecule has 1 saturated heterocycles. The number of fused-ring (bicyclic) bond motifs is 1. The molecule has 2 aliphatic rings. The van der Waals surface area contributed by atoms with Gasteiger partial charge < -0.3 is 14.9 Å². The van der Waals surface area contributed by atoms with Crippen molar-refractivity contribution in [3.05, 3.63) is 35.9 Å². The molecule has 2 heterocycles. The second-order valence-corrected chi connectivity index (χ2v) is 7.25. The smallest absolute Gasteiger partial charge is 0.325 e. The molecule has 8 heteroatoms. The fourth-order valence-corrected chi connectivity index (χ4v) is 3.89. The van der Waals surface area contributed by atoms with Crippen molar-refractivity contribution >= 4 is 28.9 Å². The number of benzene rings is 1. The van der Waals surface area contributed by atoms with Crippen molar-refractivity contribution in [1.29, 1.82) is 0 Å². The topological polar surface area (TPSA) is 85.2 Å². The van der Waals surface area contributed by atoms with E-state index in [-0.39, 0.29) is 5.91 Å². The van der Waals surface area contributed by atoms with Crippen molar-refractivity contribution in [1.82, 2.24) is 15.1 Å². The third kappa shape index (κ3) is 3.80. The minimum atomic E-state index is -0.525. The molecule has 134 valence electrons. The van der Waals surface area contributed by atoms with Gasteiger partial charge in [-0.1, -0.05) is 42.1 Å². The monoisotopic (exact) mass is 362 g/mol. The molecule has 25 heavy (non-hydrogen) atoms. The van der Waals surface area contributed by atoms with Crippen molar-refractivity contribution < 1.29 is 14.7 Å². The fraction of sp³-hybridized carbons (Fsp3) is 0.471. The second kappa shape index (κ2) is 7.45. The summed E-state index contributed by atoms with van der Waals surface area (Å²) in [5, 5.41) is 12.7. The van der Waals surface area contributed by atoms with Crippen LogP contribution in [0.2, 0.25) is 0 Å². The first-order chi connectivity index (χ1) is 12.0. The lowest BCUT2D eigenvalue weighted by molar-refractivity contribution is -0.127. The first-order valence-electron chi connectivity index (χ1n) is 8.24. The van der Waals surface area contributed by atoms with E-state index in [9.17, 15) is 14.7 Å². The number of nitrogens with one attached hydrogen (secondary N) is 1. The number of likely N-dealkylation sites (N-methyl/N-ethyl adjacent to an activating group) is 1. The van der Waals surface area contributed by atoms with Crippen LogP contribution >= 0.6 is 11.8 Å².